The molecule has 9 rings (SSSR count). The summed E-state index contributed by atoms with van der Waals surface area (Å²) in [6.07, 6.45) is -36.5. The van der Waals surface area contributed by atoms with Gasteiger partial charge in [-0.15, -0.1) is 0 Å². The largest absolute Gasteiger partial charge is 0.432 e. The van der Waals surface area contributed by atoms with Gasteiger partial charge in [0.15, 0.2) is 18.9 Å². The minimum Gasteiger partial charge on any atom is -0.432 e. The minimum absolute atomic E-state index is 0.0312. The molecule has 0 aromatic heterocycles. The molecule has 0 aromatic rings. The van der Waals surface area contributed by atoms with Crippen LogP contribution in [0.5, 0.6) is 0 Å². The van der Waals surface area contributed by atoms with Crippen LogP contribution in [0.15, 0.2) is 12.2 Å². The summed E-state index contributed by atoms with van der Waals surface area (Å²) in [7, 11) is 0. The van der Waals surface area contributed by atoms with E-state index in [0.29, 0.717) is 51.4 Å². The lowest BCUT2D eigenvalue weighted by Crippen LogP contribution is -2.67. The summed E-state index contributed by atoms with van der Waals surface area (Å²) < 4.78 is 53.3. The molecule has 27 heteroatoms. The highest BCUT2D eigenvalue weighted by atomic mass is 16.8. The summed E-state index contributed by atoms with van der Waals surface area (Å²) in [5, 5.41) is 181. The first-order chi connectivity index (χ1) is 36.8. The molecule has 9 fully saturated rings. The van der Waals surface area contributed by atoms with E-state index in [0.717, 1.165) is 12.0 Å². The van der Waals surface area contributed by atoms with Crippen molar-refractivity contribution in [1.82, 2.24) is 0 Å². The molecule has 0 aromatic carbocycles. The topological polar surface area (TPSA) is 444 Å². The molecule has 5 saturated heterocycles. The quantitative estimate of drug-likeness (QED) is 0.0535. The van der Waals surface area contributed by atoms with Crippen LogP contribution >= 0.6 is 0 Å². The number of ether oxygens (including phenoxy) is 9. The molecule has 0 unspecified atom stereocenters. The SMILES string of the molecule is C=C1C[C@@]23CC[C@H]4[C@@](C)(CCC[C@@]4(C)C(=O)O[C@@H]4O[C@H](CO[C@H]5O[C@H](CO)[C@@H](O)[C@H](O)[C@H]5O)[C@@H](O)[C@H](O)[C@H]4O)[C@@H]2CC[C@]1(C[C@@H]1O[C@H](CO)[C@@H](O)[C@H](O[C@@H]2O[C@H](CO)[C@@H](O)[C@H](O)[C@H]2O)[C@H]1O[C@@H]1O[C@H](CO)[C@@H](O)[C@H](O)[C@H]1O)C3. The van der Waals surface area contributed by atoms with E-state index in [4.69, 9.17) is 42.6 Å². The molecule has 5 aliphatic heterocycles. The third-order valence-corrected chi connectivity index (χ3v) is 19.8. The summed E-state index contributed by atoms with van der Waals surface area (Å²) in [6.45, 7) is 4.93. The number of aliphatic hydroxyl groups is 17. The molecule has 0 radical (unpaired) electrons. The Bertz CT molecular complexity index is 2070. The molecule has 0 amide bonds. The highest BCUT2D eigenvalue weighted by Gasteiger charge is 2.69. The summed E-state index contributed by atoms with van der Waals surface area (Å²) in [4.78, 5) is 14.7. The van der Waals surface area contributed by atoms with Crippen molar-refractivity contribution in [2.75, 3.05) is 33.0 Å². The second-order valence-electron chi connectivity index (χ2n) is 24.2. The van der Waals surface area contributed by atoms with E-state index in [9.17, 15) is 91.6 Å². The van der Waals surface area contributed by atoms with Gasteiger partial charge >= 0.3 is 5.97 Å². The van der Waals surface area contributed by atoms with Crippen LogP contribution in [0, 0.1) is 33.5 Å². The second kappa shape index (κ2) is 23.3. The van der Waals surface area contributed by atoms with Gasteiger partial charge in [0.25, 0.3) is 0 Å². The standard InChI is InChI=1S/C51H82O27/c1-19-11-51-10-5-26-48(2,7-4-8-49(26,3)47(69)78-46-40(68)36(64)31(59)25(75-46)17-70-43-37(65)33(61)28(56)21(13-52)72-43)27(51)6-9-50(19,18-51)12-20-41(76-44-38(66)34(62)29(57)22(14-53)73-44)42(32(60)24(16-55)71-20)77-45-39(67)35(63)30(58)23(15-54)74-45/h20-46,52-68H,1,4-18H2,2-3H3/t20-,21+,22+,23+,24+,25+,26-,27-,28+,29+,30+,31+,32+,33-,34-,35-,36-,37+,38+,39+,40+,41-,42-,43-,44-,45-,46-,48+,49+,50-,51+/m0/s1. The zero-order valence-electron chi connectivity index (χ0n) is 43.6. The molecule has 5 heterocycles. The smallest absolute Gasteiger partial charge is 0.314 e. The molecule has 2 bridgehead atoms. The molecule has 1 spiro atoms. The molecular weight excluding hydrogens is 1040 g/mol. The van der Waals surface area contributed by atoms with Crippen LogP contribution in [0.4, 0.5) is 0 Å². The van der Waals surface area contributed by atoms with Crippen LogP contribution < -0.4 is 0 Å². The van der Waals surface area contributed by atoms with Gasteiger partial charge in [0.2, 0.25) is 6.29 Å². The lowest BCUT2D eigenvalue weighted by atomic mass is 9.40. The Hall–Kier alpha value is -1.79. The fourth-order valence-electron chi connectivity index (χ4n) is 15.5. The average Bonchev–Trinajstić information content (AvgIpc) is 3.54. The average molecular weight is 1130 g/mol. The van der Waals surface area contributed by atoms with Crippen molar-refractivity contribution in [3.63, 3.8) is 0 Å². The van der Waals surface area contributed by atoms with Crippen LogP contribution in [0.1, 0.15) is 78.1 Å². The number of hydrogen-bond acceptors (Lipinski definition) is 27. The van der Waals surface area contributed by atoms with Crippen molar-refractivity contribution < 1.29 is 134 Å². The zero-order chi connectivity index (χ0) is 56.7. The summed E-state index contributed by atoms with van der Waals surface area (Å²) in [5.41, 5.74) is -1.77. The van der Waals surface area contributed by atoms with E-state index in [1.54, 1.807) is 0 Å². The van der Waals surface area contributed by atoms with E-state index < -0.39 is 209 Å². The number of fused-ring (bicyclic) bond motifs is 3. The maximum Gasteiger partial charge on any atom is 0.314 e. The third kappa shape index (κ3) is 10.4. The van der Waals surface area contributed by atoms with Gasteiger partial charge in [-0.05, 0) is 92.8 Å². The molecule has 4 aliphatic carbocycles. The molecular formula is C51H82O27. The zero-order valence-corrected chi connectivity index (χ0v) is 43.6. The number of allylic oxidation sites excluding steroid dienone is 1. The second-order valence-corrected chi connectivity index (χ2v) is 24.2. The molecule has 78 heavy (non-hydrogen) atoms. The number of rotatable bonds is 15. The van der Waals surface area contributed by atoms with Crippen molar-refractivity contribution in [3.8, 4) is 0 Å². The first-order valence-corrected chi connectivity index (χ1v) is 27.2. The Labute approximate surface area is 449 Å². The molecule has 27 nitrogen and oxygen atoms in total. The number of carbonyl (C=O) groups is 1. The van der Waals surface area contributed by atoms with E-state index >= 15 is 0 Å². The Morgan fingerprint density at radius 3 is 1.53 bits per heavy atom. The molecule has 4 saturated carbocycles. The van der Waals surface area contributed by atoms with Crippen molar-refractivity contribution in [1.29, 1.82) is 0 Å². The number of carbonyl (C=O) groups excluding carboxylic acids is 1. The van der Waals surface area contributed by atoms with Gasteiger partial charge in [-0.3, -0.25) is 4.79 Å². The fourth-order valence-corrected chi connectivity index (χ4v) is 15.5. The Balaban J connectivity index is 0.933. The van der Waals surface area contributed by atoms with Crippen LogP contribution in [0.3, 0.4) is 0 Å². The van der Waals surface area contributed by atoms with E-state index in [1.807, 2.05) is 6.92 Å². The Morgan fingerprint density at radius 2 is 0.974 bits per heavy atom. The van der Waals surface area contributed by atoms with Crippen LogP contribution in [0.25, 0.3) is 0 Å². The predicted octanol–water partition coefficient (Wildman–Crippen LogP) is -6.63. The van der Waals surface area contributed by atoms with E-state index in [2.05, 4.69) is 13.5 Å². The van der Waals surface area contributed by atoms with Gasteiger partial charge in [-0.2, -0.15) is 0 Å². The van der Waals surface area contributed by atoms with Crippen molar-refractivity contribution >= 4 is 5.97 Å². The van der Waals surface area contributed by atoms with Crippen molar-refractivity contribution in [3.05, 3.63) is 12.2 Å². The summed E-state index contributed by atoms with van der Waals surface area (Å²) in [5.74, 6) is -0.920. The normalized spacial score (nSPS) is 54.5. The molecule has 17 N–H and O–H groups in total. The highest BCUT2D eigenvalue weighted by Crippen LogP contribution is 2.76. The highest BCUT2D eigenvalue weighted by molar-refractivity contribution is 5.77. The van der Waals surface area contributed by atoms with Crippen molar-refractivity contribution in [2.45, 2.75) is 231 Å². The van der Waals surface area contributed by atoms with Gasteiger partial charge in [0.1, 0.15) is 122 Å². The molecule has 9 aliphatic rings. The van der Waals surface area contributed by atoms with Crippen LogP contribution in [0.2, 0.25) is 0 Å². The molecule has 448 valence electrons. The van der Waals surface area contributed by atoms with Crippen LogP contribution in [-0.4, -0.2) is 279 Å². The van der Waals surface area contributed by atoms with E-state index in [1.165, 1.54) is 0 Å². The Morgan fingerprint density at radius 1 is 0.513 bits per heavy atom. The van der Waals surface area contributed by atoms with Gasteiger partial charge in [-0.1, -0.05) is 25.5 Å². The Kier molecular flexibility index (Phi) is 18.2. The van der Waals surface area contributed by atoms with Gasteiger partial charge in [0.05, 0.1) is 44.6 Å². The molecule has 31 atom stereocenters. The first-order valence-electron chi connectivity index (χ1n) is 27.2. The number of hydrogen-bond donors (Lipinski definition) is 17. The maximum atomic E-state index is 14.7. The monoisotopic (exact) mass is 1130 g/mol. The third-order valence-electron chi connectivity index (χ3n) is 19.8. The number of esters is 1. The van der Waals surface area contributed by atoms with Crippen LogP contribution in [-0.2, 0) is 47.4 Å². The van der Waals surface area contributed by atoms with Crippen molar-refractivity contribution in [2.24, 2.45) is 33.5 Å². The van der Waals surface area contributed by atoms with Gasteiger partial charge in [-0.25, -0.2) is 0 Å². The van der Waals surface area contributed by atoms with E-state index in [-0.39, 0.29) is 23.7 Å². The fraction of sp³-hybridized carbons (Fsp3) is 0.941. The van der Waals surface area contributed by atoms with Gasteiger partial charge in [0, 0.05) is 0 Å². The lowest BCUT2D eigenvalue weighted by molar-refractivity contribution is -0.372. The number of aliphatic hydroxyl groups excluding tert-OH is 17. The summed E-state index contributed by atoms with van der Waals surface area (Å²) in [6, 6.07) is 0. The van der Waals surface area contributed by atoms with Gasteiger partial charge < -0.3 is 129 Å². The summed E-state index contributed by atoms with van der Waals surface area (Å²) >= 11 is 0. The minimum atomic E-state index is -1.94. The first kappa shape index (κ1) is 60.8. The lowest BCUT2D eigenvalue weighted by Gasteiger charge is -2.64. The maximum absolute atomic E-state index is 14.7. The predicted molar refractivity (Wildman–Crippen MR) is 255 cm³/mol.